The number of nitrogen functional groups attached to an aromatic ring is 1. The van der Waals surface area contributed by atoms with Crippen molar-refractivity contribution in [2.75, 3.05) is 5.73 Å². The molecule has 66 valence electrons. The number of anilines is 1. The molecular formula is C6H4BrF3N2. The van der Waals surface area contributed by atoms with E-state index in [1.165, 1.54) is 6.07 Å². The van der Waals surface area contributed by atoms with Gasteiger partial charge in [0.25, 0.3) is 0 Å². The van der Waals surface area contributed by atoms with Crippen LogP contribution in [0.2, 0.25) is 0 Å². The van der Waals surface area contributed by atoms with Crippen LogP contribution in [0.15, 0.2) is 16.7 Å². The molecule has 0 aliphatic heterocycles. The molecule has 0 radical (unpaired) electrons. The van der Waals surface area contributed by atoms with Crippen molar-refractivity contribution in [2.45, 2.75) is 6.18 Å². The van der Waals surface area contributed by atoms with Crippen LogP contribution in [-0.4, -0.2) is 4.98 Å². The monoisotopic (exact) mass is 240 g/mol. The first-order chi connectivity index (χ1) is 5.43. The van der Waals surface area contributed by atoms with Crippen LogP contribution < -0.4 is 5.73 Å². The van der Waals surface area contributed by atoms with Crippen molar-refractivity contribution in [3.8, 4) is 0 Å². The van der Waals surface area contributed by atoms with Crippen LogP contribution in [0.25, 0.3) is 0 Å². The van der Waals surface area contributed by atoms with Gasteiger partial charge in [0.15, 0.2) is 5.69 Å². The smallest absolute Gasteiger partial charge is 0.398 e. The first-order valence-corrected chi connectivity index (χ1v) is 3.69. The minimum Gasteiger partial charge on any atom is -0.398 e. The third-order valence-corrected chi connectivity index (χ3v) is 2.02. The Kier molecular flexibility index (Phi) is 2.27. The molecule has 2 nitrogen and oxygen atoms in total. The Hall–Kier alpha value is -0.780. The van der Waals surface area contributed by atoms with Gasteiger partial charge in [0.2, 0.25) is 0 Å². The summed E-state index contributed by atoms with van der Waals surface area (Å²) >= 11 is 2.71. The molecule has 6 heteroatoms. The topological polar surface area (TPSA) is 38.9 Å². The minimum atomic E-state index is -4.46. The van der Waals surface area contributed by atoms with Gasteiger partial charge in [-0.05, 0) is 22.0 Å². The van der Waals surface area contributed by atoms with Gasteiger partial charge in [0.1, 0.15) is 0 Å². The summed E-state index contributed by atoms with van der Waals surface area (Å²) in [7, 11) is 0. The second kappa shape index (κ2) is 2.93. The van der Waals surface area contributed by atoms with Gasteiger partial charge >= 0.3 is 6.18 Å². The number of hydrogen-bond donors (Lipinski definition) is 1. The third-order valence-electron chi connectivity index (χ3n) is 1.19. The quantitative estimate of drug-likeness (QED) is 0.757. The number of pyridine rings is 1. The van der Waals surface area contributed by atoms with E-state index in [9.17, 15) is 13.2 Å². The van der Waals surface area contributed by atoms with E-state index in [0.29, 0.717) is 0 Å². The number of rotatable bonds is 0. The van der Waals surface area contributed by atoms with Gasteiger partial charge in [-0.25, -0.2) is 0 Å². The summed E-state index contributed by atoms with van der Waals surface area (Å²) in [4.78, 5) is 3.16. The van der Waals surface area contributed by atoms with Crippen molar-refractivity contribution in [2.24, 2.45) is 0 Å². The molecule has 1 aromatic heterocycles. The molecule has 1 rings (SSSR count). The van der Waals surface area contributed by atoms with E-state index in [1.807, 2.05) is 0 Å². The fourth-order valence-electron chi connectivity index (χ4n) is 0.656. The van der Waals surface area contributed by atoms with E-state index >= 15 is 0 Å². The molecule has 0 spiro atoms. The van der Waals surface area contributed by atoms with Crippen molar-refractivity contribution >= 4 is 21.6 Å². The Balaban J connectivity index is 3.26. The highest BCUT2D eigenvalue weighted by Gasteiger charge is 2.35. The zero-order valence-electron chi connectivity index (χ0n) is 5.69. The Bertz CT molecular complexity index is 297. The fraction of sp³-hybridized carbons (Fsp3) is 0.167. The van der Waals surface area contributed by atoms with Gasteiger partial charge in [-0.15, -0.1) is 0 Å². The fourth-order valence-corrected chi connectivity index (χ4v) is 1.12. The Morgan fingerprint density at radius 3 is 2.42 bits per heavy atom. The molecule has 1 aromatic rings. The molecule has 0 saturated carbocycles. The molecule has 0 amide bonds. The molecule has 0 atom stereocenters. The normalized spacial score (nSPS) is 11.7. The zero-order valence-corrected chi connectivity index (χ0v) is 7.28. The van der Waals surface area contributed by atoms with Gasteiger partial charge in [0.05, 0.1) is 4.47 Å². The summed E-state index contributed by atoms with van der Waals surface area (Å²) in [5.41, 5.74) is 4.26. The highest BCUT2D eigenvalue weighted by Crippen LogP contribution is 2.35. The van der Waals surface area contributed by atoms with E-state index in [4.69, 9.17) is 5.73 Å². The average molecular weight is 241 g/mol. The van der Waals surface area contributed by atoms with Gasteiger partial charge in [-0.2, -0.15) is 13.2 Å². The lowest BCUT2D eigenvalue weighted by molar-refractivity contribution is -0.141. The van der Waals surface area contributed by atoms with Crippen LogP contribution in [0.3, 0.4) is 0 Å². The largest absolute Gasteiger partial charge is 0.434 e. The predicted octanol–water partition coefficient (Wildman–Crippen LogP) is 2.45. The summed E-state index contributed by atoms with van der Waals surface area (Å²) in [6.45, 7) is 0. The van der Waals surface area contributed by atoms with E-state index in [1.54, 1.807) is 0 Å². The number of nitrogens with zero attached hydrogens (tertiary/aromatic N) is 1. The number of hydrogen-bond acceptors (Lipinski definition) is 2. The standard InChI is InChI=1S/C6H4BrF3N2/c7-4-3(11)1-2-12-5(4)6(8,9)10/h1-2H,(H2,11,12). The number of halogens is 4. The Labute approximate surface area is 74.7 Å². The SMILES string of the molecule is Nc1ccnc(C(F)(F)F)c1Br. The first kappa shape index (κ1) is 9.31. The van der Waals surface area contributed by atoms with Gasteiger partial charge in [0, 0.05) is 11.9 Å². The first-order valence-electron chi connectivity index (χ1n) is 2.90. The second-order valence-corrected chi connectivity index (χ2v) is 2.85. The number of aromatic nitrogens is 1. The van der Waals surface area contributed by atoms with Gasteiger partial charge in [-0.3, -0.25) is 4.98 Å². The van der Waals surface area contributed by atoms with Crippen LogP contribution in [0.4, 0.5) is 18.9 Å². The van der Waals surface area contributed by atoms with Crippen LogP contribution in [0, 0.1) is 0 Å². The number of nitrogens with two attached hydrogens (primary N) is 1. The van der Waals surface area contributed by atoms with Crippen LogP contribution in [-0.2, 0) is 6.18 Å². The molecule has 0 aromatic carbocycles. The average Bonchev–Trinajstić information content (AvgIpc) is 1.92. The lowest BCUT2D eigenvalue weighted by Crippen LogP contribution is -2.09. The molecule has 0 saturated heterocycles. The van der Waals surface area contributed by atoms with Gasteiger partial charge < -0.3 is 5.73 Å². The summed E-state index contributed by atoms with van der Waals surface area (Å²) < 4.78 is 36.0. The van der Waals surface area contributed by atoms with E-state index in [-0.39, 0.29) is 10.2 Å². The maximum absolute atomic E-state index is 12.1. The van der Waals surface area contributed by atoms with Crippen molar-refractivity contribution in [1.82, 2.24) is 4.98 Å². The highest BCUT2D eigenvalue weighted by atomic mass is 79.9. The molecule has 12 heavy (non-hydrogen) atoms. The molecule has 0 bridgehead atoms. The van der Waals surface area contributed by atoms with E-state index in [0.717, 1.165) is 6.20 Å². The predicted molar refractivity (Wildman–Crippen MR) is 41.4 cm³/mol. The zero-order chi connectivity index (χ0) is 9.35. The molecule has 1 heterocycles. The molecule has 0 aliphatic rings. The summed E-state index contributed by atoms with van der Waals surface area (Å²) in [5, 5.41) is 0. The van der Waals surface area contributed by atoms with Crippen LogP contribution in [0.1, 0.15) is 5.69 Å². The minimum absolute atomic E-state index is 0.0253. The maximum Gasteiger partial charge on any atom is 0.434 e. The van der Waals surface area contributed by atoms with Crippen molar-refractivity contribution in [3.63, 3.8) is 0 Å². The van der Waals surface area contributed by atoms with Crippen molar-refractivity contribution in [3.05, 3.63) is 22.4 Å². The molecule has 2 N–H and O–H groups in total. The molecule has 0 fully saturated rings. The lowest BCUT2D eigenvalue weighted by Gasteiger charge is -2.08. The van der Waals surface area contributed by atoms with Crippen LogP contribution in [0.5, 0.6) is 0 Å². The van der Waals surface area contributed by atoms with Crippen LogP contribution >= 0.6 is 15.9 Å². The highest BCUT2D eigenvalue weighted by molar-refractivity contribution is 9.10. The van der Waals surface area contributed by atoms with Gasteiger partial charge in [-0.1, -0.05) is 0 Å². The summed E-state index contributed by atoms with van der Waals surface area (Å²) in [5.74, 6) is 0. The van der Waals surface area contributed by atoms with E-state index < -0.39 is 11.9 Å². The van der Waals surface area contributed by atoms with E-state index in [2.05, 4.69) is 20.9 Å². The molecule has 0 aliphatic carbocycles. The second-order valence-electron chi connectivity index (χ2n) is 2.06. The number of alkyl halides is 3. The third kappa shape index (κ3) is 1.69. The molecular weight excluding hydrogens is 237 g/mol. The summed E-state index contributed by atoms with van der Waals surface area (Å²) in [6.07, 6.45) is -3.45. The maximum atomic E-state index is 12.1. The molecule has 0 unspecified atom stereocenters. The lowest BCUT2D eigenvalue weighted by atomic mass is 10.3. The Morgan fingerprint density at radius 2 is 2.00 bits per heavy atom. The van der Waals surface area contributed by atoms with Crippen molar-refractivity contribution < 1.29 is 13.2 Å². The summed E-state index contributed by atoms with van der Waals surface area (Å²) in [6, 6.07) is 1.29. The Morgan fingerprint density at radius 1 is 1.42 bits per heavy atom. The van der Waals surface area contributed by atoms with Crippen molar-refractivity contribution in [1.29, 1.82) is 0 Å².